The van der Waals surface area contributed by atoms with Gasteiger partial charge in [-0.05, 0) is 70.6 Å². The molecule has 0 N–H and O–H groups in total. The summed E-state index contributed by atoms with van der Waals surface area (Å²) in [5.74, 6) is -0.834. The van der Waals surface area contributed by atoms with Gasteiger partial charge >= 0.3 is 11.9 Å². The fraction of sp³-hybridized carbons (Fsp3) is 0.887. The minimum atomic E-state index is -4.64. The Balaban J connectivity index is 3.83. The number of hydrogen-bond acceptors (Lipinski definition) is 8. The highest BCUT2D eigenvalue weighted by molar-refractivity contribution is 7.45. The topological polar surface area (TPSA) is 111 Å². The number of likely N-dealkylation sites (N-methyl/N-ethyl adjacent to an activating group) is 1. The van der Waals surface area contributed by atoms with E-state index < -0.39 is 26.5 Å². The van der Waals surface area contributed by atoms with Crippen LogP contribution in [0.3, 0.4) is 0 Å². The zero-order chi connectivity index (χ0) is 59.1. The monoisotopic (exact) mass is 1160 g/mol. The average molecular weight is 1160 g/mol. The Bertz CT molecular complexity index is 1460. The molecule has 2 atom stereocenters. The lowest BCUT2D eigenvalue weighted by Gasteiger charge is -2.28. The van der Waals surface area contributed by atoms with Crippen molar-refractivity contribution < 1.29 is 42.1 Å². The third-order valence-electron chi connectivity index (χ3n) is 15.9. The maximum absolute atomic E-state index is 12.8. The minimum absolute atomic E-state index is 0.0319. The normalized spacial score (nSPS) is 13.3. The van der Waals surface area contributed by atoms with Gasteiger partial charge in [0.05, 0.1) is 27.7 Å². The van der Waals surface area contributed by atoms with E-state index in [2.05, 4.69) is 50.3 Å². The first kappa shape index (κ1) is 79.2. The fourth-order valence-electron chi connectivity index (χ4n) is 10.5. The number of esters is 2. The number of nitrogens with zero attached hydrogens (tertiary/aromatic N) is 1. The molecule has 0 spiro atoms. The number of allylic oxidation sites excluding steroid dienone is 6. The van der Waals surface area contributed by atoms with E-state index in [4.69, 9.17) is 18.5 Å². The molecule has 0 saturated heterocycles. The standard InChI is InChI=1S/C71H136NO8P/c1-6-8-10-12-14-16-18-20-22-24-25-26-27-28-29-30-31-32-33-34-35-36-37-38-39-40-41-42-43-44-45-46-47-48-50-51-53-55-57-59-61-63-70(73)77-67-69(68-79-81(75,76)78-66-65-72(3,4)5)80-71(74)64-62-60-58-56-54-52-49-23-21-19-17-15-13-11-9-7-2/h17,19,23-25,49,69H,6-16,18,20-22,26-48,50-68H2,1-5H3/b19-17-,25-24-,49-23-. The van der Waals surface area contributed by atoms with E-state index >= 15 is 0 Å². The molecular formula is C71H136NO8P. The van der Waals surface area contributed by atoms with Gasteiger partial charge in [0, 0.05) is 12.8 Å². The number of phosphoric acid groups is 1. The van der Waals surface area contributed by atoms with Crippen molar-refractivity contribution in [2.75, 3.05) is 47.5 Å². The number of quaternary nitrogens is 1. The van der Waals surface area contributed by atoms with E-state index in [9.17, 15) is 19.0 Å². The molecule has 0 aromatic carbocycles. The molecule has 0 rings (SSSR count). The molecule has 0 aliphatic heterocycles. The lowest BCUT2D eigenvalue weighted by atomic mass is 10.0. The fourth-order valence-corrected chi connectivity index (χ4v) is 11.2. The van der Waals surface area contributed by atoms with Gasteiger partial charge in [-0.15, -0.1) is 0 Å². The smallest absolute Gasteiger partial charge is 0.306 e. The molecule has 0 aromatic rings. The molecule has 0 aliphatic rings. The Kier molecular flexibility index (Phi) is 61.4. The summed E-state index contributed by atoms with van der Waals surface area (Å²) in [6.45, 7) is 4.25. The number of phosphoric ester groups is 1. The number of unbranched alkanes of at least 4 members (excludes halogenated alkanes) is 46. The van der Waals surface area contributed by atoms with Gasteiger partial charge in [-0.1, -0.05) is 307 Å². The number of rotatable bonds is 66. The van der Waals surface area contributed by atoms with Crippen molar-refractivity contribution in [2.24, 2.45) is 0 Å². The van der Waals surface area contributed by atoms with Crippen molar-refractivity contribution in [3.05, 3.63) is 36.5 Å². The second-order valence-corrected chi connectivity index (χ2v) is 26.7. The van der Waals surface area contributed by atoms with Gasteiger partial charge in [-0.25, -0.2) is 0 Å². The summed E-state index contributed by atoms with van der Waals surface area (Å²) >= 11 is 0. The SMILES string of the molecule is CCCCCC/C=C\C/C=C\CCCCCCCC(=O)OC(COC(=O)CCCCCCCCCCCCCCCCCCCCCCCCCCCCCCC/C=C\CCCCCCCCCC)COP(=O)([O-])OCC[N+](C)(C)C. The molecule has 0 saturated carbocycles. The molecule has 2 unspecified atom stereocenters. The minimum Gasteiger partial charge on any atom is -0.756 e. The van der Waals surface area contributed by atoms with Crippen LogP contribution in [0, 0.1) is 0 Å². The van der Waals surface area contributed by atoms with Crippen LogP contribution < -0.4 is 4.89 Å². The van der Waals surface area contributed by atoms with Crippen molar-refractivity contribution >= 4 is 19.8 Å². The molecule has 81 heavy (non-hydrogen) atoms. The molecule has 0 radical (unpaired) electrons. The highest BCUT2D eigenvalue weighted by atomic mass is 31.2. The summed E-state index contributed by atoms with van der Waals surface area (Å²) in [5, 5.41) is 0. The zero-order valence-corrected chi connectivity index (χ0v) is 55.4. The molecule has 0 aromatic heterocycles. The van der Waals surface area contributed by atoms with Gasteiger partial charge in [0.1, 0.15) is 19.8 Å². The second-order valence-electron chi connectivity index (χ2n) is 25.2. The van der Waals surface area contributed by atoms with Gasteiger partial charge < -0.3 is 27.9 Å². The zero-order valence-electron chi connectivity index (χ0n) is 54.5. The number of hydrogen-bond donors (Lipinski definition) is 0. The van der Waals surface area contributed by atoms with Crippen molar-refractivity contribution in [2.45, 2.75) is 360 Å². The quantitative estimate of drug-likeness (QED) is 0.0195. The van der Waals surface area contributed by atoms with E-state index in [1.807, 2.05) is 21.1 Å². The number of ether oxygens (including phenoxy) is 2. The molecule has 0 bridgehead atoms. The lowest BCUT2D eigenvalue weighted by Crippen LogP contribution is -2.37. The van der Waals surface area contributed by atoms with Crippen LogP contribution in [0.25, 0.3) is 0 Å². The van der Waals surface area contributed by atoms with Crippen molar-refractivity contribution in [1.82, 2.24) is 0 Å². The van der Waals surface area contributed by atoms with Crippen LogP contribution in [0.4, 0.5) is 0 Å². The highest BCUT2D eigenvalue weighted by Gasteiger charge is 2.22. The molecule has 10 heteroatoms. The summed E-state index contributed by atoms with van der Waals surface area (Å²) in [7, 11) is 1.17. The van der Waals surface area contributed by atoms with Gasteiger partial charge in [0.2, 0.25) is 0 Å². The highest BCUT2D eigenvalue weighted by Crippen LogP contribution is 2.38. The Labute approximate surface area is 503 Å². The van der Waals surface area contributed by atoms with Crippen LogP contribution in [0.5, 0.6) is 0 Å². The summed E-state index contributed by atoms with van der Waals surface area (Å²) in [6, 6.07) is 0. The van der Waals surface area contributed by atoms with E-state index in [1.165, 1.54) is 263 Å². The third-order valence-corrected chi connectivity index (χ3v) is 16.8. The molecule has 0 fully saturated rings. The summed E-state index contributed by atoms with van der Waals surface area (Å²) in [5.41, 5.74) is 0. The van der Waals surface area contributed by atoms with E-state index in [0.29, 0.717) is 17.4 Å². The molecule has 0 aliphatic carbocycles. The first-order valence-electron chi connectivity index (χ1n) is 35.2. The maximum Gasteiger partial charge on any atom is 0.306 e. The van der Waals surface area contributed by atoms with Gasteiger partial charge in [0.15, 0.2) is 6.10 Å². The molecular weight excluding hydrogens is 1030 g/mol. The average Bonchev–Trinajstić information content (AvgIpc) is 3.43. The lowest BCUT2D eigenvalue weighted by molar-refractivity contribution is -0.870. The van der Waals surface area contributed by atoms with Gasteiger partial charge in [-0.3, -0.25) is 14.2 Å². The predicted octanol–water partition coefficient (Wildman–Crippen LogP) is 22.0. The van der Waals surface area contributed by atoms with Crippen LogP contribution in [-0.4, -0.2) is 70.0 Å². The van der Waals surface area contributed by atoms with E-state index in [1.54, 1.807) is 0 Å². The Morgan fingerprint density at radius 3 is 1.00 bits per heavy atom. The molecule has 478 valence electrons. The predicted molar refractivity (Wildman–Crippen MR) is 347 cm³/mol. The van der Waals surface area contributed by atoms with Crippen molar-refractivity contribution in [3.8, 4) is 0 Å². The molecule has 0 amide bonds. The third kappa shape index (κ3) is 67.2. The first-order chi connectivity index (χ1) is 39.5. The molecule has 9 nitrogen and oxygen atoms in total. The Morgan fingerprint density at radius 2 is 0.667 bits per heavy atom. The van der Waals surface area contributed by atoms with Crippen LogP contribution in [-0.2, 0) is 32.7 Å². The van der Waals surface area contributed by atoms with Crippen LogP contribution in [0.2, 0.25) is 0 Å². The molecule has 0 heterocycles. The summed E-state index contributed by atoms with van der Waals surface area (Å²) in [6.07, 6.45) is 79.8. The van der Waals surface area contributed by atoms with Crippen LogP contribution in [0.15, 0.2) is 36.5 Å². The summed E-state index contributed by atoms with van der Waals surface area (Å²) < 4.78 is 34.2. The van der Waals surface area contributed by atoms with E-state index in [-0.39, 0.29) is 32.0 Å². The van der Waals surface area contributed by atoms with Crippen molar-refractivity contribution in [1.29, 1.82) is 0 Å². The number of carbonyl (C=O) groups is 2. The van der Waals surface area contributed by atoms with Gasteiger partial charge in [-0.2, -0.15) is 0 Å². The maximum atomic E-state index is 12.8. The summed E-state index contributed by atoms with van der Waals surface area (Å²) in [4.78, 5) is 37.9. The van der Waals surface area contributed by atoms with Crippen molar-refractivity contribution in [3.63, 3.8) is 0 Å². The number of carbonyl (C=O) groups excluding carboxylic acids is 2. The van der Waals surface area contributed by atoms with Crippen LogP contribution >= 0.6 is 7.82 Å². The Hall–Kier alpha value is -1.77. The first-order valence-corrected chi connectivity index (χ1v) is 36.7. The van der Waals surface area contributed by atoms with Crippen LogP contribution in [0.1, 0.15) is 354 Å². The van der Waals surface area contributed by atoms with Gasteiger partial charge in [0.25, 0.3) is 7.82 Å². The van der Waals surface area contributed by atoms with E-state index in [0.717, 1.165) is 57.8 Å². The second kappa shape index (κ2) is 62.8. The Morgan fingerprint density at radius 1 is 0.383 bits per heavy atom. The largest absolute Gasteiger partial charge is 0.756 e.